The van der Waals surface area contributed by atoms with E-state index in [1.54, 1.807) is 24.3 Å². The standard InChI is InChI=1S/C18H22ClNO2S/c1-16(19)14-20(15-17-8-4-2-5-9-17)12-13-23(21,22)18-10-6-3-7-11-18/h2-11,16H,12-15H2,1H3/t16-/m1/s1. The maximum atomic E-state index is 12.4. The monoisotopic (exact) mass is 351 g/mol. The summed E-state index contributed by atoms with van der Waals surface area (Å²) >= 11 is 6.11. The minimum absolute atomic E-state index is 0.0295. The fourth-order valence-electron chi connectivity index (χ4n) is 2.43. The van der Waals surface area contributed by atoms with Gasteiger partial charge in [0.25, 0.3) is 0 Å². The Morgan fingerprint density at radius 1 is 1.00 bits per heavy atom. The molecule has 0 unspecified atom stereocenters. The Balaban J connectivity index is 2.03. The fraction of sp³-hybridized carbons (Fsp3) is 0.333. The summed E-state index contributed by atoms with van der Waals surface area (Å²) in [6.45, 7) is 3.73. The largest absolute Gasteiger partial charge is 0.297 e. The number of rotatable bonds is 8. The Kier molecular flexibility index (Phi) is 6.63. The van der Waals surface area contributed by atoms with Gasteiger partial charge in [-0.25, -0.2) is 8.42 Å². The van der Waals surface area contributed by atoms with Gasteiger partial charge in [-0.3, -0.25) is 4.90 Å². The second kappa shape index (κ2) is 8.48. The highest BCUT2D eigenvalue weighted by Gasteiger charge is 2.17. The van der Waals surface area contributed by atoms with Crippen molar-refractivity contribution in [3.8, 4) is 0 Å². The van der Waals surface area contributed by atoms with Crippen LogP contribution in [0, 0.1) is 0 Å². The molecule has 2 aromatic rings. The van der Waals surface area contributed by atoms with Crippen LogP contribution in [0.25, 0.3) is 0 Å². The average molecular weight is 352 g/mol. The molecule has 23 heavy (non-hydrogen) atoms. The zero-order valence-corrected chi connectivity index (χ0v) is 14.8. The predicted octanol–water partition coefficient (Wildman–Crippen LogP) is 3.59. The number of benzene rings is 2. The van der Waals surface area contributed by atoms with Crippen molar-refractivity contribution >= 4 is 21.4 Å². The molecule has 3 nitrogen and oxygen atoms in total. The number of alkyl halides is 1. The zero-order valence-electron chi connectivity index (χ0n) is 13.2. The smallest absolute Gasteiger partial charge is 0.179 e. The van der Waals surface area contributed by atoms with Crippen LogP contribution in [-0.4, -0.2) is 37.5 Å². The number of hydrogen-bond acceptors (Lipinski definition) is 3. The highest BCUT2D eigenvalue weighted by atomic mass is 35.5. The molecule has 1 atom stereocenters. The molecule has 0 N–H and O–H groups in total. The summed E-state index contributed by atoms with van der Waals surface area (Å²) in [6.07, 6.45) is 0. The van der Waals surface area contributed by atoms with E-state index in [0.29, 0.717) is 24.5 Å². The first-order valence-electron chi connectivity index (χ1n) is 7.65. The van der Waals surface area contributed by atoms with Crippen molar-refractivity contribution in [2.45, 2.75) is 23.7 Å². The van der Waals surface area contributed by atoms with Gasteiger partial charge in [-0.15, -0.1) is 11.6 Å². The molecular formula is C18H22ClNO2S. The van der Waals surface area contributed by atoms with E-state index < -0.39 is 9.84 Å². The van der Waals surface area contributed by atoms with E-state index in [1.165, 1.54) is 0 Å². The Hall–Kier alpha value is -1.36. The van der Waals surface area contributed by atoms with Gasteiger partial charge in [0.05, 0.1) is 10.6 Å². The van der Waals surface area contributed by atoms with Crippen LogP contribution < -0.4 is 0 Å². The van der Waals surface area contributed by atoms with Crippen LogP contribution in [0.4, 0.5) is 0 Å². The van der Waals surface area contributed by atoms with Crippen LogP contribution in [0.1, 0.15) is 12.5 Å². The maximum Gasteiger partial charge on any atom is 0.179 e. The minimum atomic E-state index is -3.27. The van der Waals surface area contributed by atoms with E-state index in [-0.39, 0.29) is 11.1 Å². The molecule has 0 aliphatic rings. The van der Waals surface area contributed by atoms with E-state index >= 15 is 0 Å². The van der Waals surface area contributed by atoms with Gasteiger partial charge in [0.15, 0.2) is 9.84 Å². The van der Waals surface area contributed by atoms with Crippen LogP contribution >= 0.6 is 11.6 Å². The lowest BCUT2D eigenvalue weighted by Crippen LogP contribution is -2.33. The normalized spacial score (nSPS) is 13.2. The molecule has 0 aromatic heterocycles. The molecule has 2 aromatic carbocycles. The van der Waals surface area contributed by atoms with Crippen LogP contribution in [0.5, 0.6) is 0 Å². The maximum absolute atomic E-state index is 12.4. The molecule has 0 saturated carbocycles. The van der Waals surface area contributed by atoms with Crippen LogP contribution in [0.15, 0.2) is 65.6 Å². The first kappa shape index (κ1) is 18.0. The van der Waals surface area contributed by atoms with E-state index in [4.69, 9.17) is 11.6 Å². The Labute approximate surface area is 143 Å². The van der Waals surface area contributed by atoms with E-state index in [2.05, 4.69) is 4.90 Å². The Morgan fingerprint density at radius 2 is 1.57 bits per heavy atom. The molecule has 0 saturated heterocycles. The average Bonchev–Trinajstić information content (AvgIpc) is 2.54. The number of sulfone groups is 1. The van der Waals surface area contributed by atoms with Gasteiger partial charge < -0.3 is 0 Å². The van der Waals surface area contributed by atoms with Crippen molar-refractivity contribution in [2.75, 3.05) is 18.8 Å². The van der Waals surface area contributed by atoms with Crippen LogP contribution in [-0.2, 0) is 16.4 Å². The van der Waals surface area contributed by atoms with Crippen molar-refractivity contribution in [1.82, 2.24) is 4.90 Å². The first-order chi connectivity index (χ1) is 11.0. The lowest BCUT2D eigenvalue weighted by atomic mass is 10.2. The number of halogens is 1. The zero-order chi connectivity index (χ0) is 16.7. The molecule has 0 amide bonds. The van der Waals surface area contributed by atoms with Gasteiger partial charge >= 0.3 is 0 Å². The summed E-state index contributed by atoms with van der Waals surface area (Å²) < 4.78 is 24.8. The summed E-state index contributed by atoms with van der Waals surface area (Å²) in [4.78, 5) is 2.46. The molecular weight excluding hydrogens is 330 g/mol. The molecule has 0 fully saturated rings. The minimum Gasteiger partial charge on any atom is -0.297 e. The third-order valence-corrected chi connectivity index (χ3v) is 5.39. The molecule has 5 heteroatoms. The van der Waals surface area contributed by atoms with E-state index in [1.807, 2.05) is 43.3 Å². The topological polar surface area (TPSA) is 37.4 Å². The molecule has 2 rings (SSSR count). The molecule has 0 aliphatic heterocycles. The van der Waals surface area contributed by atoms with Gasteiger partial charge in [0, 0.05) is 25.0 Å². The van der Waals surface area contributed by atoms with E-state index in [0.717, 1.165) is 5.56 Å². The van der Waals surface area contributed by atoms with E-state index in [9.17, 15) is 8.42 Å². The third-order valence-electron chi connectivity index (χ3n) is 3.54. The summed E-state index contributed by atoms with van der Waals surface area (Å²) in [7, 11) is -3.27. The SMILES string of the molecule is C[C@@H](Cl)CN(CCS(=O)(=O)c1ccccc1)Cc1ccccc1. The molecule has 0 bridgehead atoms. The van der Waals surface area contributed by atoms with Gasteiger partial charge in [0.2, 0.25) is 0 Å². The third kappa shape index (κ3) is 5.98. The van der Waals surface area contributed by atoms with Crippen LogP contribution in [0.3, 0.4) is 0 Å². The number of nitrogens with zero attached hydrogens (tertiary/aromatic N) is 1. The molecule has 0 spiro atoms. The molecule has 0 aliphatic carbocycles. The second-order valence-corrected chi connectivity index (χ2v) is 8.49. The lowest BCUT2D eigenvalue weighted by Gasteiger charge is -2.23. The summed E-state index contributed by atoms with van der Waals surface area (Å²) in [5.74, 6) is 0.0907. The van der Waals surface area contributed by atoms with Crippen molar-refractivity contribution in [3.05, 3.63) is 66.2 Å². The quantitative estimate of drug-likeness (QED) is 0.682. The number of hydrogen-bond donors (Lipinski definition) is 0. The highest BCUT2D eigenvalue weighted by molar-refractivity contribution is 7.91. The summed E-state index contributed by atoms with van der Waals surface area (Å²) in [5.41, 5.74) is 1.15. The van der Waals surface area contributed by atoms with Crippen molar-refractivity contribution in [1.29, 1.82) is 0 Å². The molecule has 0 radical (unpaired) electrons. The van der Waals surface area contributed by atoms with Gasteiger partial charge in [-0.05, 0) is 24.6 Å². The van der Waals surface area contributed by atoms with Crippen molar-refractivity contribution in [3.63, 3.8) is 0 Å². The second-order valence-electron chi connectivity index (χ2n) is 5.63. The van der Waals surface area contributed by atoms with Crippen molar-refractivity contribution in [2.24, 2.45) is 0 Å². The first-order valence-corrected chi connectivity index (χ1v) is 9.74. The Morgan fingerprint density at radius 3 is 2.13 bits per heavy atom. The lowest BCUT2D eigenvalue weighted by molar-refractivity contribution is 0.283. The highest BCUT2D eigenvalue weighted by Crippen LogP contribution is 2.12. The molecule has 124 valence electrons. The summed E-state index contributed by atoms with van der Waals surface area (Å²) in [6, 6.07) is 18.6. The van der Waals surface area contributed by atoms with Gasteiger partial charge in [0.1, 0.15) is 0 Å². The fourth-order valence-corrected chi connectivity index (χ4v) is 3.93. The van der Waals surface area contributed by atoms with Crippen molar-refractivity contribution < 1.29 is 8.42 Å². The van der Waals surface area contributed by atoms with Crippen LogP contribution in [0.2, 0.25) is 0 Å². The molecule has 0 heterocycles. The van der Waals surface area contributed by atoms with Gasteiger partial charge in [-0.1, -0.05) is 48.5 Å². The summed E-state index contributed by atoms with van der Waals surface area (Å²) in [5, 5.41) is -0.0295. The van der Waals surface area contributed by atoms with Gasteiger partial charge in [-0.2, -0.15) is 0 Å². The predicted molar refractivity (Wildman–Crippen MR) is 95.5 cm³/mol. The Bertz CT molecular complexity index is 687.